The summed E-state index contributed by atoms with van der Waals surface area (Å²) in [5.41, 5.74) is 5.65. The Morgan fingerprint density at radius 2 is 1.88 bits per heavy atom. The number of nitrogens with one attached hydrogen (secondary N) is 1. The minimum atomic E-state index is -0.0516. The molecular weight excluding hydrogens is 326 g/mol. The highest BCUT2D eigenvalue weighted by atomic mass is 16.2. The first-order chi connectivity index (χ1) is 12.4. The summed E-state index contributed by atoms with van der Waals surface area (Å²) in [6.07, 6.45) is 0.850. The quantitative estimate of drug-likeness (QED) is 0.740. The fraction of sp³-hybridized carbons (Fsp3) is 0.350. The van der Waals surface area contributed by atoms with Crippen molar-refractivity contribution in [3.8, 4) is 11.3 Å². The van der Waals surface area contributed by atoms with Crippen LogP contribution in [0.5, 0.6) is 0 Å². The molecule has 0 aliphatic rings. The summed E-state index contributed by atoms with van der Waals surface area (Å²) in [4.78, 5) is 14.3. The van der Waals surface area contributed by atoms with Crippen molar-refractivity contribution in [1.29, 1.82) is 0 Å². The summed E-state index contributed by atoms with van der Waals surface area (Å²) in [6, 6.07) is 12.0. The van der Waals surface area contributed by atoms with Gasteiger partial charge >= 0.3 is 0 Å². The van der Waals surface area contributed by atoms with E-state index in [0.717, 1.165) is 35.6 Å². The van der Waals surface area contributed by atoms with Gasteiger partial charge in [-0.2, -0.15) is 10.2 Å². The van der Waals surface area contributed by atoms with Gasteiger partial charge in [0, 0.05) is 31.4 Å². The first kappa shape index (κ1) is 17.9. The molecule has 0 atom stereocenters. The average molecular weight is 351 g/mol. The largest absolute Gasteiger partial charge is 0.340 e. The van der Waals surface area contributed by atoms with Crippen molar-refractivity contribution in [3.63, 3.8) is 0 Å². The molecule has 0 aliphatic carbocycles. The van der Waals surface area contributed by atoms with Crippen LogP contribution in [0, 0.1) is 20.8 Å². The molecule has 6 nitrogen and oxygen atoms in total. The number of H-pyrrole nitrogens is 1. The van der Waals surface area contributed by atoms with Crippen molar-refractivity contribution in [2.75, 3.05) is 13.6 Å². The average Bonchev–Trinajstić information content (AvgIpc) is 3.21. The smallest absolute Gasteiger partial charge is 0.271 e. The standard InChI is InChI=1S/C20H25N5O/c1-14-6-8-17(9-7-14)18-13-19(22-21-18)20(26)24(4)10-5-11-25-16(3)12-15(2)23-25/h6-9,12-13H,5,10-11H2,1-4H3,(H,21,22). The number of rotatable bonds is 6. The molecule has 2 heterocycles. The lowest BCUT2D eigenvalue weighted by atomic mass is 10.1. The van der Waals surface area contributed by atoms with Crippen LogP contribution in [0.1, 0.15) is 33.9 Å². The molecular formula is C20H25N5O. The van der Waals surface area contributed by atoms with Crippen molar-refractivity contribution >= 4 is 5.91 Å². The third-order valence-electron chi connectivity index (χ3n) is 4.47. The molecule has 2 aromatic heterocycles. The van der Waals surface area contributed by atoms with Gasteiger partial charge in [-0.15, -0.1) is 0 Å². The monoisotopic (exact) mass is 351 g/mol. The first-order valence-corrected chi connectivity index (χ1v) is 8.83. The normalized spacial score (nSPS) is 10.9. The predicted octanol–water partition coefficient (Wildman–Crippen LogP) is 3.36. The maximum atomic E-state index is 12.6. The van der Waals surface area contributed by atoms with E-state index in [0.29, 0.717) is 12.2 Å². The number of hydrogen-bond donors (Lipinski definition) is 1. The fourth-order valence-electron chi connectivity index (χ4n) is 2.97. The van der Waals surface area contributed by atoms with Crippen LogP contribution in [0.2, 0.25) is 0 Å². The SMILES string of the molecule is Cc1ccc(-c2cc(C(=O)N(C)CCCn3nc(C)cc3C)[nH]n2)cc1. The molecule has 0 radical (unpaired) electrons. The van der Waals surface area contributed by atoms with E-state index >= 15 is 0 Å². The Kier molecular flexibility index (Phi) is 5.21. The van der Waals surface area contributed by atoms with Crippen LogP contribution < -0.4 is 0 Å². The second-order valence-electron chi connectivity index (χ2n) is 6.76. The molecule has 136 valence electrons. The van der Waals surface area contributed by atoms with Crippen LogP contribution in [-0.2, 0) is 6.54 Å². The fourth-order valence-corrected chi connectivity index (χ4v) is 2.97. The summed E-state index contributed by atoms with van der Waals surface area (Å²) >= 11 is 0. The molecule has 1 aromatic carbocycles. The highest BCUT2D eigenvalue weighted by Gasteiger charge is 2.15. The maximum Gasteiger partial charge on any atom is 0.271 e. The number of aromatic amines is 1. The zero-order valence-electron chi connectivity index (χ0n) is 15.8. The Labute approximate surface area is 153 Å². The van der Waals surface area contributed by atoms with Gasteiger partial charge in [0.15, 0.2) is 0 Å². The molecule has 1 amide bonds. The Morgan fingerprint density at radius 3 is 2.54 bits per heavy atom. The summed E-state index contributed by atoms with van der Waals surface area (Å²) in [5.74, 6) is -0.0516. The first-order valence-electron chi connectivity index (χ1n) is 8.83. The van der Waals surface area contributed by atoms with Crippen LogP contribution in [0.3, 0.4) is 0 Å². The van der Waals surface area contributed by atoms with E-state index in [1.165, 1.54) is 5.56 Å². The van der Waals surface area contributed by atoms with Gasteiger partial charge in [-0.3, -0.25) is 14.6 Å². The van der Waals surface area contributed by atoms with Gasteiger partial charge in [0.2, 0.25) is 0 Å². The number of benzene rings is 1. The molecule has 26 heavy (non-hydrogen) atoms. The van der Waals surface area contributed by atoms with Gasteiger partial charge in [-0.05, 0) is 39.3 Å². The third-order valence-corrected chi connectivity index (χ3v) is 4.47. The van der Waals surface area contributed by atoms with Crippen molar-refractivity contribution in [1.82, 2.24) is 24.9 Å². The molecule has 3 aromatic rings. The Balaban J connectivity index is 1.58. The molecule has 0 saturated carbocycles. The topological polar surface area (TPSA) is 66.8 Å². The van der Waals surface area contributed by atoms with Crippen LogP contribution in [0.15, 0.2) is 36.4 Å². The third kappa shape index (κ3) is 4.02. The zero-order valence-corrected chi connectivity index (χ0v) is 15.8. The minimum Gasteiger partial charge on any atom is -0.340 e. The Morgan fingerprint density at radius 1 is 1.15 bits per heavy atom. The second-order valence-corrected chi connectivity index (χ2v) is 6.76. The van der Waals surface area contributed by atoms with E-state index < -0.39 is 0 Å². The van der Waals surface area contributed by atoms with E-state index in [1.54, 1.807) is 4.90 Å². The van der Waals surface area contributed by atoms with Gasteiger partial charge < -0.3 is 4.90 Å². The number of aryl methyl sites for hydroxylation is 4. The lowest BCUT2D eigenvalue weighted by Gasteiger charge is -2.16. The summed E-state index contributed by atoms with van der Waals surface area (Å²) in [6.45, 7) is 7.55. The van der Waals surface area contributed by atoms with Crippen LogP contribution >= 0.6 is 0 Å². The Bertz CT molecular complexity index is 891. The van der Waals surface area contributed by atoms with Gasteiger partial charge in [0.25, 0.3) is 5.91 Å². The Hall–Kier alpha value is -2.89. The summed E-state index contributed by atoms with van der Waals surface area (Å²) in [5, 5.41) is 11.6. The molecule has 1 N–H and O–H groups in total. The van der Waals surface area contributed by atoms with Crippen LogP contribution in [0.4, 0.5) is 0 Å². The minimum absolute atomic E-state index is 0.0516. The van der Waals surface area contributed by atoms with Crippen LogP contribution in [0.25, 0.3) is 11.3 Å². The van der Waals surface area contributed by atoms with E-state index in [-0.39, 0.29) is 5.91 Å². The van der Waals surface area contributed by atoms with Crippen molar-refractivity contribution in [3.05, 3.63) is 59.0 Å². The molecule has 0 bridgehead atoms. The molecule has 6 heteroatoms. The highest BCUT2D eigenvalue weighted by Crippen LogP contribution is 2.18. The van der Waals surface area contributed by atoms with Crippen molar-refractivity contribution in [2.24, 2.45) is 0 Å². The van der Waals surface area contributed by atoms with Crippen molar-refractivity contribution < 1.29 is 4.79 Å². The van der Waals surface area contributed by atoms with Gasteiger partial charge in [-0.25, -0.2) is 0 Å². The van der Waals surface area contributed by atoms with Crippen LogP contribution in [-0.4, -0.2) is 44.4 Å². The molecule has 0 saturated heterocycles. The maximum absolute atomic E-state index is 12.6. The van der Waals surface area contributed by atoms with Gasteiger partial charge in [0.05, 0.1) is 11.4 Å². The number of carbonyl (C=O) groups excluding carboxylic acids is 1. The lowest BCUT2D eigenvalue weighted by Crippen LogP contribution is -2.28. The molecule has 0 aliphatic heterocycles. The number of nitrogens with zero attached hydrogens (tertiary/aromatic N) is 4. The number of carbonyl (C=O) groups is 1. The van der Waals surface area contributed by atoms with E-state index in [9.17, 15) is 4.79 Å². The molecule has 0 spiro atoms. The number of aromatic nitrogens is 4. The molecule has 3 rings (SSSR count). The number of amides is 1. The van der Waals surface area contributed by atoms with Gasteiger partial charge in [-0.1, -0.05) is 29.8 Å². The van der Waals surface area contributed by atoms with Gasteiger partial charge in [0.1, 0.15) is 5.69 Å². The van der Waals surface area contributed by atoms with E-state index in [1.807, 2.05) is 62.8 Å². The predicted molar refractivity (Wildman–Crippen MR) is 102 cm³/mol. The molecule has 0 fully saturated rings. The molecule has 0 unspecified atom stereocenters. The lowest BCUT2D eigenvalue weighted by molar-refractivity contribution is 0.0785. The summed E-state index contributed by atoms with van der Waals surface area (Å²) < 4.78 is 1.99. The summed E-state index contributed by atoms with van der Waals surface area (Å²) in [7, 11) is 1.82. The van der Waals surface area contributed by atoms with E-state index in [4.69, 9.17) is 0 Å². The van der Waals surface area contributed by atoms with E-state index in [2.05, 4.69) is 21.4 Å². The highest BCUT2D eigenvalue weighted by molar-refractivity contribution is 5.93. The number of hydrogen-bond acceptors (Lipinski definition) is 3. The second kappa shape index (κ2) is 7.56. The zero-order chi connectivity index (χ0) is 18.7. The van der Waals surface area contributed by atoms with Crippen molar-refractivity contribution in [2.45, 2.75) is 33.7 Å².